The molecule has 2 saturated carbocycles. The highest BCUT2D eigenvalue weighted by Crippen LogP contribution is 2.62. The van der Waals surface area contributed by atoms with Crippen LogP contribution in [0.1, 0.15) is 40.0 Å². The Balaban J connectivity index is 2.10. The number of fused-ring (bicyclic) bond motifs is 2. The number of aliphatic carboxylic acids is 1. The number of nitrogens with zero attached hydrogens (tertiary/aromatic N) is 1. The molecule has 2 rings (SSSR count). The topological polar surface area (TPSA) is 69.6 Å². The fourth-order valence-electron chi connectivity index (χ4n) is 4.42. The van der Waals surface area contributed by atoms with E-state index in [9.17, 15) is 9.59 Å². The van der Waals surface area contributed by atoms with Crippen LogP contribution in [0.5, 0.6) is 0 Å². The quantitative estimate of drug-likeness (QED) is 0.765. The van der Waals surface area contributed by atoms with Gasteiger partial charge in [-0.3, -0.25) is 4.79 Å². The monoisotopic (exact) mass is 294 g/mol. The number of hydrogen-bond donors (Lipinski definition) is 2. The molecule has 0 aromatic rings. The molecule has 21 heavy (non-hydrogen) atoms. The van der Waals surface area contributed by atoms with E-state index in [1.165, 1.54) is 11.3 Å². The Morgan fingerprint density at radius 3 is 2.57 bits per heavy atom. The van der Waals surface area contributed by atoms with Crippen molar-refractivity contribution in [1.82, 2.24) is 10.2 Å². The summed E-state index contributed by atoms with van der Waals surface area (Å²) in [7, 11) is 0. The van der Waals surface area contributed by atoms with Crippen LogP contribution in [0.15, 0.2) is 12.7 Å². The molecule has 0 radical (unpaired) electrons. The maximum atomic E-state index is 12.4. The Bertz CT molecular complexity index is 456. The van der Waals surface area contributed by atoms with E-state index in [0.717, 1.165) is 12.8 Å². The lowest BCUT2D eigenvalue weighted by molar-refractivity contribution is -0.137. The number of carboxylic acid groups (broad SMARTS) is 1. The molecular weight excluding hydrogens is 268 g/mol. The Hall–Kier alpha value is -1.52. The van der Waals surface area contributed by atoms with Crippen molar-refractivity contribution in [3.63, 3.8) is 0 Å². The van der Waals surface area contributed by atoms with E-state index in [1.807, 2.05) is 0 Å². The van der Waals surface area contributed by atoms with Gasteiger partial charge in [0.2, 0.25) is 0 Å². The lowest BCUT2D eigenvalue weighted by atomic mass is 9.68. The molecule has 5 nitrogen and oxygen atoms in total. The zero-order valence-corrected chi connectivity index (χ0v) is 13.2. The lowest BCUT2D eigenvalue weighted by Crippen LogP contribution is -2.56. The summed E-state index contributed by atoms with van der Waals surface area (Å²) in [4.78, 5) is 24.6. The first kappa shape index (κ1) is 15.9. The molecule has 2 amide bonds. The number of carbonyl (C=O) groups excluding carboxylic acids is 1. The van der Waals surface area contributed by atoms with E-state index in [4.69, 9.17) is 5.11 Å². The van der Waals surface area contributed by atoms with Gasteiger partial charge in [0.05, 0.1) is 0 Å². The molecule has 3 unspecified atom stereocenters. The average molecular weight is 294 g/mol. The van der Waals surface area contributed by atoms with Crippen LogP contribution < -0.4 is 5.32 Å². The standard InChI is InChI=1S/C16H26N2O3/c1-5-8-18(10-12(19)20)14(21)17-13-15(2,3)11-6-7-16(13,4)9-11/h5,11,13H,1,6-10H2,2-4H3,(H,17,21)(H,19,20). The molecule has 0 heterocycles. The third-order valence-electron chi connectivity index (χ3n) is 5.50. The SMILES string of the molecule is C=CCN(CC(=O)O)C(=O)NC1C2(C)CCC(C2)C1(C)C. The molecule has 0 aromatic heterocycles. The molecule has 2 aliphatic carbocycles. The molecule has 0 aliphatic heterocycles. The van der Waals surface area contributed by atoms with Gasteiger partial charge in [-0.25, -0.2) is 4.79 Å². The van der Waals surface area contributed by atoms with Gasteiger partial charge >= 0.3 is 12.0 Å². The van der Waals surface area contributed by atoms with E-state index in [0.29, 0.717) is 5.92 Å². The number of hydrogen-bond acceptors (Lipinski definition) is 2. The number of urea groups is 1. The fourth-order valence-corrected chi connectivity index (χ4v) is 4.42. The van der Waals surface area contributed by atoms with Crippen LogP contribution in [0.2, 0.25) is 0 Å². The van der Waals surface area contributed by atoms with Gasteiger partial charge in [-0.05, 0) is 36.0 Å². The van der Waals surface area contributed by atoms with Crippen molar-refractivity contribution in [1.29, 1.82) is 0 Å². The third kappa shape index (κ3) is 2.78. The number of amides is 2. The predicted molar refractivity (Wildman–Crippen MR) is 81.0 cm³/mol. The minimum atomic E-state index is -1.01. The molecule has 2 N–H and O–H groups in total. The van der Waals surface area contributed by atoms with Gasteiger partial charge in [-0.1, -0.05) is 26.8 Å². The molecule has 2 bridgehead atoms. The van der Waals surface area contributed by atoms with Crippen molar-refractivity contribution in [2.24, 2.45) is 16.7 Å². The van der Waals surface area contributed by atoms with Crippen molar-refractivity contribution >= 4 is 12.0 Å². The summed E-state index contributed by atoms with van der Waals surface area (Å²) in [5, 5.41) is 12.0. The Labute approximate surface area is 126 Å². The highest BCUT2D eigenvalue weighted by atomic mass is 16.4. The first-order chi connectivity index (χ1) is 9.70. The second-order valence-electron chi connectivity index (χ2n) is 7.36. The fraction of sp³-hybridized carbons (Fsp3) is 0.750. The number of carboxylic acids is 1. The molecule has 2 fully saturated rings. The first-order valence-electron chi connectivity index (χ1n) is 7.59. The van der Waals surface area contributed by atoms with Gasteiger partial charge in [0, 0.05) is 12.6 Å². The van der Waals surface area contributed by atoms with Gasteiger partial charge in [0.25, 0.3) is 0 Å². The number of nitrogens with one attached hydrogen (secondary N) is 1. The second-order valence-corrected chi connectivity index (χ2v) is 7.36. The van der Waals surface area contributed by atoms with Gasteiger partial charge in [-0.15, -0.1) is 6.58 Å². The minimum absolute atomic E-state index is 0.0612. The zero-order valence-electron chi connectivity index (χ0n) is 13.2. The van der Waals surface area contributed by atoms with Crippen LogP contribution in [0, 0.1) is 16.7 Å². The zero-order chi connectivity index (χ0) is 15.8. The Morgan fingerprint density at radius 1 is 1.43 bits per heavy atom. The van der Waals surface area contributed by atoms with Gasteiger partial charge in [0.1, 0.15) is 6.54 Å². The van der Waals surface area contributed by atoms with E-state index >= 15 is 0 Å². The first-order valence-corrected chi connectivity index (χ1v) is 7.59. The molecule has 5 heteroatoms. The van der Waals surface area contributed by atoms with E-state index in [-0.39, 0.29) is 36.0 Å². The number of carbonyl (C=O) groups is 2. The summed E-state index contributed by atoms with van der Waals surface area (Å²) in [5.41, 5.74) is 0.193. The normalized spacial score (nSPS) is 32.7. The van der Waals surface area contributed by atoms with Crippen molar-refractivity contribution in [3.05, 3.63) is 12.7 Å². The Morgan fingerprint density at radius 2 is 2.10 bits per heavy atom. The highest BCUT2D eigenvalue weighted by molar-refractivity contribution is 5.80. The van der Waals surface area contributed by atoms with E-state index in [1.54, 1.807) is 6.08 Å². The van der Waals surface area contributed by atoms with E-state index < -0.39 is 5.97 Å². The maximum Gasteiger partial charge on any atom is 0.323 e. The lowest BCUT2D eigenvalue weighted by Gasteiger charge is -2.43. The summed E-state index contributed by atoms with van der Waals surface area (Å²) in [5.74, 6) is -0.370. The van der Waals surface area contributed by atoms with Gasteiger partial charge in [0.15, 0.2) is 0 Å². The predicted octanol–water partition coefficient (Wildman–Crippen LogP) is 2.48. The molecule has 0 aromatic carbocycles. The molecule has 3 atom stereocenters. The van der Waals surface area contributed by atoms with Crippen molar-refractivity contribution in [2.75, 3.05) is 13.1 Å². The van der Waals surface area contributed by atoms with Crippen molar-refractivity contribution in [3.8, 4) is 0 Å². The van der Waals surface area contributed by atoms with Crippen LogP contribution in [0.4, 0.5) is 4.79 Å². The van der Waals surface area contributed by atoms with Crippen LogP contribution in [0.25, 0.3) is 0 Å². The van der Waals surface area contributed by atoms with Crippen molar-refractivity contribution in [2.45, 2.75) is 46.1 Å². The molecule has 0 spiro atoms. The summed E-state index contributed by atoms with van der Waals surface area (Å²) >= 11 is 0. The minimum Gasteiger partial charge on any atom is -0.480 e. The molecule has 2 aliphatic rings. The van der Waals surface area contributed by atoms with Gasteiger partial charge < -0.3 is 15.3 Å². The second kappa shape index (κ2) is 5.35. The summed E-state index contributed by atoms with van der Waals surface area (Å²) in [6, 6.07) is -0.207. The summed E-state index contributed by atoms with van der Waals surface area (Å²) in [6.45, 7) is 10.2. The number of rotatable bonds is 5. The molecule has 118 valence electrons. The van der Waals surface area contributed by atoms with Crippen LogP contribution in [0.3, 0.4) is 0 Å². The van der Waals surface area contributed by atoms with E-state index in [2.05, 4.69) is 32.7 Å². The summed E-state index contributed by atoms with van der Waals surface area (Å²) in [6.07, 6.45) is 5.05. The maximum absolute atomic E-state index is 12.4. The van der Waals surface area contributed by atoms with Crippen LogP contribution in [-0.2, 0) is 4.79 Å². The highest BCUT2D eigenvalue weighted by Gasteiger charge is 2.59. The molecule has 0 saturated heterocycles. The smallest absolute Gasteiger partial charge is 0.323 e. The van der Waals surface area contributed by atoms with Crippen LogP contribution in [-0.4, -0.2) is 41.1 Å². The third-order valence-corrected chi connectivity index (χ3v) is 5.50. The average Bonchev–Trinajstić information content (AvgIpc) is 2.84. The largest absolute Gasteiger partial charge is 0.480 e. The van der Waals surface area contributed by atoms with Crippen molar-refractivity contribution < 1.29 is 14.7 Å². The van der Waals surface area contributed by atoms with Crippen LogP contribution >= 0.6 is 0 Å². The van der Waals surface area contributed by atoms with Gasteiger partial charge in [-0.2, -0.15) is 0 Å². The summed E-state index contributed by atoms with van der Waals surface area (Å²) < 4.78 is 0. The molecular formula is C16H26N2O3. The Kier molecular flexibility index (Phi) is 4.04.